The van der Waals surface area contributed by atoms with Crippen LogP contribution in [-0.4, -0.2) is 110 Å². The second-order valence-electron chi connectivity index (χ2n) is 14.9. The van der Waals surface area contributed by atoms with E-state index in [1.807, 2.05) is 31.2 Å². The molecule has 0 radical (unpaired) electrons. The molecule has 3 saturated heterocycles. The van der Waals surface area contributed by atoms with E-state index in [0.29, 0.717) is 42.1 Å². The zero-order valence-corrected chi connectivity index (χ0v) is 32.0. The topological polar surface area (TPSA) is 74.7 Å². The van der Waals surface area contributed by atoms with Crippen molar-refractivity contribution in [3.8, 4) is 17.2 Å². The molecule has 0 saturated carbocycles. The van der Waals surface area contributed by atoms with E-state index >= 15 is 0 Å². The Morgan fingerprint density at radius 1 is 0.824 bits per heavy atom. The first-order valence-corrected chi connectivity index (χ1v) is 19.6. The molecule has 10 heteroatoms. The summed E-state index contributed by atoms with van der Waals surface area (Å²) in [5.41, 5.74) is 3.70. The van der Waals surface area contributed by atoms with Gasteiger partial charge in [-0.3, -0.25) is 4.90 Å². The van der Waals surface area contributed by atoms with Gasteiger partial charge in [0.1, 0.15) is 17.2 Å². The molecule has 0 unspecified atom stereocenters. The summed E-state index contributed by atoms with van der Waals surface area (Å²) in [5.74, 6) is 2.04. The highest BCUT2D eigenvalue weighted by atomic mass is 32.1. The average Bonchev–Trinajstić information content (AvgIpc) is 3.79. The zero-order chi connectivity index (χ0) is 35.9. The fourth-order valence-corrected chi connectivity index (χ4v) is 8.91. The maximum atomic E-state index is 9.95. The second kappa shape index (κ2) is 17.3. The fraction of sp³-hybridized carbons (Fsp3) is 0.512. The number of hydrogen-bond donors (Lipinski definition) is 3. The van der Waals surface area contributed by atoms with Gasteiger partial charge in [0.15, 0.2) is 10.2 Å². The van der Waals surface area contributed by atoms with Crippen LogP contribution in [0, 0.1) is 5.92 Å². The lowest BCUT2D eigenvalue weighted by Crippen LogP contribution is -2.51. The number of hydrogen-bond acceptors (Lipinski definition) is 6. The van der Waals surface area contributed by atoms with Crippen molar-refractivity contribution < 1.29 is 14.9 Å². The van der Waals surface area contributed by atoms with Gasteiger partial charge in [-0.25, -0.2) is 0 Å². The summed E-state index contributed by atoms with van der Waals surface area (Å²) in [5, 5.41) is 25.0. The Morgan fingerprint density at radius 2 is 1.45 bits per heavy atom. The molecule has 3 aliphatic rings. The number of phenolic OH excluding ortho intramolecular Hbond substituents is 2. The van der Waals surface area contributed by atoms with Crippen molar-refractivity contribution in [2.45, 2.75) is 83.5 Å². The van der Waals surface area contributed by atoms with E-state index in [1.54, 1.807) is 24.3 Å². The quantitative estimate of drug-likeness (QED) is 0.148. The van der Waals surface area contributed by atoms with Crippen LogP contribution in [0.2, 0.25) is 0 Å². The van der Waals surface area contributed by atoms with Crippen molar-refractivity contribution >= 4 is 34.7 Å². The Morgan fingerprint density at radius 3 is 2.08 bits per heavy atom. The maximum Gasteiger partial charge on any atom is 0.172 e. The smallest absolute Gasteiger partial charge is 0.172 e. The number of benzene rings is 3. The van der Waals surface area contributed by atoms with Gasteiger partial charge in [0.25, 0.3) is 0 Å². The molecule has 3 aromatic rings. The molecule has 3 N–H and O–H groups in total. The first-order chi connectivity index (χ1) is 24.7. The molecule has 3 heterocycles. The molecule has 274 valence electrons. The number of thiocarbonyl (C=S) groups is 2. The van der Waals surface area contributed by atoms with Gasteiger partial charge in [-0.15, -0.1) is 0 Å². The molecule has 0 bridgehead atoms. The molecule has 51 heavy (non-hydrogen) atoms. The normalized spacial score (nSPS) is 21.6. The lowest BCUT2D eigenvalue weighted by atomic mass is 10.0. The van der Waals surface area contributed by atoms with Crippen molar-refractivity contribution in [1.29, 1.82) is 0 Å². The summed E-state index contributed by atoms with van der Waals surface area (Å²) in [6.07, 6.45) is 6.12. The summed E-state index contributed by atoms with van der Waals surface area (Å²) in [6.45, 7) is 12.9. The Hall–Kier alpha value is -3.60. The van der Waals surface area contributed by atoms with Crippen molar-refractivity contribution in [2.75, 3.05) is 45.9 Å². The van der Waals surface area contributed by atoms with Gasteiger partial charge < -0.3 is 35.0 Å². The van der Waals surface area contributed by atoms with Gasteiger partial charge in [0.05, 0.1) is 18.7 Å². The van der Waals surface area contributed by atoms with Crippen molar-refractivity contribution in [1.82, 2.24) is 24.9 Å². The van der Waals surface area contributed by atoms with E-state index in [-0.39, 0.29) is 6.04 Å². The predicted octanol–water partition coefficient (Wildman–Crippen LogP) is 6.23. The third kappa shape index (κ3) is 9.64. The van der Waals surface area contributed by atoms with Gasteiger partial charge in [-0.2, -0.15) is 0 Å². The minimum Gasteiger partial charge on any atom is -0.508 e. The van der Waals surface area contributed by atoms with Crippen LogP contribution >= 0.6 is 24.4 Å². The van der Waals surface area contributed by atoms with Crippen LogP contribution < -0.4 is 10.1 Å². The van der Waals surface area contributed by atoms with Crippen LogP contribution in [-0.2, 0) is 19.3 Å². The maximum absolute atomic E-state index is 9.95. The number of nitrogens with zero attached hydrogens (tertiary/aromatic N) is 4. The van der Waals surface area contributed by atoms with E-state index < -0.39 is 0 Å². The number of ether oxygens (including phenoxy) is 1. The van der Waals surface area contributed by atoms with E-state index in [2.05, 4.69) is 63.0 Å². The van der Waals surface area contributed by atoms with Crippen LogP contribution in [0.1, 0.15) is 56.7 Å². The number of nitrogens with one attached hydrogen (secondary N) is 1. The van der Waals surface area contributed by atoms with E-state index in [9.17, 15) is 10.2 Å². The summed E-state index contributed by atoms with van der Waals surface area (Å²) < 4.78 is 5.68. The number of phenols is 2. The Kier molecular flexibility index (Phi) is 12.6. The van der Waals surface area contributed by atoms with Crippen LogP contribution in [0.15, 0.2) is 72.8 Å². The summed E-state index contributed by atoms with van der Waals surface area (Å²) >= 11 is 12.2. The van der Waals surface area contributed by atoms with Gasteiger partial charge in [-0.05, 0) is 135 Å². The molecule has 3 aliphatic heterocycles. The molecule has 0 aliphatic carbocycles. The molecular formula is C41H55N5O3S2. The summed E-state index contributed by atoms with van der Waals surface area (Å²) in [7, 11) is 0. The molecular weight excluding hydrogens is 675 g/mol. The highest BCUT2D eigenvalue weighted by Gasteiger charge is 2.40. The molecule has 3 aromatic carbocycles. The molecule has 6 rings (SSSR count). The highest BCUT2D eigenvalue weighted by Crippen LogP contribution is 2.29. The first kappa shape index (κ1) is 37.2. The number of likely N-dealkylation sites (tertiary alicyclic amines) is 1. The minimum absolute atomic E-state index is 0.252. The van der Waals surface area contributed by atoms with Crippen molar-refractivity contribution in [3.63, 3.8) is 0 Å². The number of aromatic hydroxyl groups is 2. The van der Waals surface area contributed by atoms with Crippen LogP contribution in [0.5, 0.6) is 17.2 Å². The summed E-state index contributed by atoms with van der Waals surface area (Å²) in [4.78, 5) is 10.1. The van der Waals surface area contributed by atoms with Crippen LogP contribution in [0.3, 0.4) is 0 Å². The first-order valence-electron chi connectivity index (χ1n) is 18.8. The van der Waals surface area contributed by atoms with Crippen molar-refractivity contribution in [2.24, 2.45) is 5.92 Å². The zero-order valence-electron chi connectivity index (χ0n) is 30.4. The van der Waals surface area contributed by atoms with E-state index in [0.717, 1.165) is 80.9 Å². The minimum atomic E-state index is 0.252. The molecule has 3 fully saturated rings. The average molecular weight is 730 g/mol. The molecule has 8 nitrogen and oxygen atoms in total. The van der Waals surface area contributed by atoms with E-state index in [4.69, 9.17) is 29.2 Å². The predicted molar refractivity (Wildman–Crippen MR) is 214 cm³/mol. The molecule has 4 atom stereocenters. The molecule has 0 aromatic heterocycles. The third-order valence-corrected chi connectivity index (χ3v) is 11.6. The second-order valence-corrected chi connectivity index (χ2v) is 15.7. The molecule has 0 amide bonds. The Labute approximate surface area is 315 Å². The van der Waals surface area contributed by atoms with Crippen molar-refractivity contribution in [3.05, 3.63) is 89.5 Å². The van der Waals surface area contributed by atoms with Gasteiger partial charge in [-0.1, -0.05) is 50.2 Å². The highest BCUT2D eigenvalue weighted by molar-refractivity contribution is 7.80. The lowest BCUT2D eigenvalue weighted by Gasteiger charge is -2.38. The van der Waals surface area contributed by atoms with Crippen LogP contribution in [0.25, 0.3) is 0 Å². The van der Waals surface area contributed by atoms with Gasteiger partial charge >= 0.3 is 0 Å². The Balaban J connectivity index is 1.16. The third-order valence-electron chi connectivity index (χ3n) is 10.8. The summed E-state index contributed by atoms with van der Waals surface area (Å²) in [6, 6.07) is 25.0. The Bertz CT molecular complexity index is 1590. The fourth-order valence-electron chi connectivity index (χ4n) is 8.14. The van der Waals surface area contributed by atoms with Gasteiger partial charge in [0.2, 0.25) is 0 Å². The standard InChI is InChI=1S/C41H55N5O3S2/c1-4-49-39-17-11-30(12-18-39)19-21-44-36(24-32-9-15-38(48)16-10-32)28-46(41(44)51)35(22-29(2)3)26-43-20-5-6-33(43)27-45-34(25-42-40(45)50)23-31-7-13-37(47)14-8-31/h7-18,29,33-36,47-48H,4-6,19-28H2,1-3H3,(H,42,50)/t33-,34+,35+,36+/m1/s1. The van der Waals surface area contributed by atoms with Crippen LogP contribution in [0.4, 0.5) is 0 Å². The molecule has 0 spiro atoms. The monoisotopic (exact) mass is 729 g/mol. The van der Waals surface area contributed by atoms with Gasteiger partial charge in [0, 0.05) is 44.8 Å². The largest absolute Gasteiger partial charge is 0.508 e. The van der Waals surface area contributed by atoms with E-state index in [1.165, 1.54) is 29.5 Å². The SMILES string of the molecule is CCOc1ccc(CCN2C(=S)N([C@@H](CC(C)C)CN3CCC[C@@H]3CN3C(=S)NC[C@@H]3Cc3ccc(O)cc3)C[C@@H]2Cc2ccc(O)cc2)cc1. The lowest BCUT2D eigenvalue weighted by molar-refractivity contribution is 0.149. The number of rotatable bonds is 16.